The molecule has 1 aromatic heterocycles. The largest absolute Gasteiger partial charge is 0.395 e. The SMILES string of the molecule is CCCCN(CCO)c1ccncc1C. The molecule has 0 saturated heterocycles. The van der Waals surface area contributed by atoms with Gasteiger partial charge in [-0.25, -0.2) is 0 Å². The second-order valence-electron chi connectivity index (χ2n) is 3.73. The van der Waals surface area contributed by atoms with Crippen molar-refractivity contribution in [3.63, 3.8) is 0 Å². The lowest BCUT2D eigenvalue weighted by molar-refractivity contribution is 0.301. The fraction of sp³-hybridized carbons (Fsp3) is 0.583. The zero-order chi connectivity index (χ0) is 11.1. The summed E-state index contributed by atoms with van der Waals surface area (Å²) in [4.78, 5) is 6.30. The van der Waals surface area contributed by atoms with E-state index < -0.39 is 0 Å². The minimum atomic E-state index is 0.200. The van der Waals surface area contributed by atoms with Gasteiger partial charge in [-0.15, -0.1) is 0 Å². The molecule has 1 aromatic rings. The van der Waals surface area contributed by atoms with Crippen molar-refractivity contribution in [1.29, 1.82) is 0 Å². The quantitative estimate of drug-likeness (QED) is 0.776. The van der Waals surface area contributed by atoms with Crippen molar-refractivity contribution in [2.24, 2.45) is 0 Å². The van der Waals surface area contributed by atoms with Crippen molar-refractivity contribution in [2.45, 2.75) is 26.7 Å². The van der Waals surface area contributed by atoms with E-state index in [1.807, 2.05) is 12.3 Å². The number of aromatic nitrogens is 1. The molecule has 0 saturated carbocycles. The van der Waals surface area contributed by atoms with Crippen molar-refractivity contribution in [3.05, 3.63) is 24.0 Å². The van der Waals surface area contributed by atoms with Crippen LogP contribution in [0.3, 0.4) is 0 Å². The van der Waals surface area contributed by atoms with E-state index in [1.54, 1.807) is 6.20 Å². The molecule has 0 aliphatic rings. The Kier molecular flexibility index (Phi) is 5.12. The number of rotatable bonds is 6. The van der Waals surface area contributed by atoms with Gasteiger partial charge in [0.05, 0.1) is 6.61 Å². The van der Waals surface area contributed by atoms with Gasteiger partial charge in [-0.1, -0.05) is 13.3 Å². The number of hydrogen-bond acceptors (Lipinski definition) is 3. The second kappa shape index (κ2) is 6.40. The van der Waals surface area contributed by atoms with Crippen LogP contribution in [-0.4, -0.2) is 29.8 Å². The number of nitrogens with zero attached hydrogens (tertiary/aromatic N) is 2. The molecule has 0 amide bonds. The number of pyridine rings is 1. The Bertz CT molecular complexity index is 289. The lowest BCUT2D eigenvalue weighted by Crippen LogP contribution is -2.28. The Morgan fingerprint density at radius 3 is 2.80 bits per heavy atom. The van der Waals surface area contributed by atoms with Gasteiger partial charge in [-0.3, -0.25) is 4.98 Å². The molecule has 0 bridgehead atoms. The van der Waals surface area contributed by atoms with Crippen LogP contribution in [-0.2, 0) is 0 Å². The van der Waals surface area contributed by atoms with E-state index in [9.17, 15) is 0 Å². The van der Waals surface area contributed by atoms with E-state index in [2.05, 4.69) is 23.7 Å². The van der Waals surface area contributed by atoms with Gasteiger partial charge >= 0.3 is 0 Å². The molecule has 84 valence electrons. The maximum absolute atomic E-state index is 9.03. The van der Waals surface area contributed by atoms with Crippen LogP contribution in [0.4, 0.5) is 5.69 Å². The average molecular weight is 208 g/mol. The molecule has 0 aromatic carbocycles. The first-order valence-corrected chi connectivity index (χ1v) is 5.56. The van der Waals surface area contributed by atoms with Gasteiger partial charge in [0.2, 0.25) is 0 Å². The number of unbranched alkanes of at least 4 members (excludes halogenated alkanes) is 1. The van der Waals surface area contributed by atoms with Gasteiger partial charge in [-0.2, -0.15) is 0 Å². The van der Waals surface area contributed by atoms with E-state index in [0.29, 0.717) is 6.54 Å². The van der Waals surface area contributed by atoms with Gasteiger partial charge in [0, 0.05) is 31.2 Å². The van der Waals surface area contributed by atoms with Crippen LogP contribution in [0.15, 0.2) is 18.5 Å². The van der Waals surface area contributed by atoms with Gasteiger partial charge in [0.15, 0.2) is 0 Å². The van der Waals surface area contributed by atoms with Gasteiger partial charge < -0.3 is 10.0 Å². The van der Waals surface area contributed by atoms with Crippen molar-refractivity contribution in [2.75, 3.05) is 24.6 Å². The van der Waals surface area contributed by atoms with Crippen LogP contribution in [0.1, 0.15) is 25.3 Å². The molecular weight excluding hydrogens is 188 g/mol. The number of aliphatic hydroxyl groups is 1. The van der Waals surface area contributed by atoms with Crippen LogP contribution in [0.5, 0.6) is 0 Å². The zero-order valence-electron chi connectivity index (χ0n) is 9.61. The summed E-state index contributed by atoms with van der Waals surface area (Å²) in [5.41, 5.74) is 2.36. The maximum Gasteiger partial charge on any atom is 0.0606 e. The molecule has 0 spiro atoms. The summed E-state index contributed by atoms with van der Waals surface area (Å²) < 4.78 is 0. The van der Waals surface area contributed by atoms with E-state index in [1.165, 1.54) is 17.7 Å². The number of anilines is 1. The Labute approximate surface area is 91.8 Å². The van der Waals surface area contributed by atoms with Gasteiger partial charge in [-0.05, 0) is 25.0 Å². The second-order valence-corrected chi connectivity index (χ2v) is 3.73. The molecule has 3 heteroatoms. The number of hydrogen-bond donors (Lipinski definition) is 1. The summed E-state index contributed by atoms with van der Waals surface area (Å²) in [6, 6.07) is 2.01. The fourth-order valence-electron chi connectivity index (χ4n) is 1.64. The van der Waals surface area contributed by atoms with Gasteiger partial charge in [0.1, 0.15) is 0 Å². The smallest absolute Gasteiger partial charge is 0.0606 e. The molecule has 0 radical (unpaired) electrons. The van der Waals surface area contributed by atoms with Crippen molar-refractivity contribution < 1.29 is 5.11 Å². The zero-order valence-corrected chi connectivity index (χ0v) is 9.61. The van der Waals surface area contributed by atoms with Crippen LogP contribution in [0, 0.1) is 6.92 Å². The monoisotopic (exact) mass is 208 g/mol. The average Bonchev–Trinajstić information content (AvgIpc) is 2.25. The Morgan fingerprint density at radius 2 is 2.20 bits per heavy atom. The highest BCUT2D eigenvalue weighted by atomic mass is 16.3. The molecule has 0 aliphatic carbocycles. The maximum atomic E-state index is 9.03. The Hall–Kier alpha value is -1.09. The predicted molar refractivity (Wildman–Crippen MR) is 63.2 cm³/mol. The third-order valence-corrected chi connectivity index (χ3v) is 2.48. The Morgan fingerprint density at radius 1 is 1.40 bits per heavy atom. The molecule has 0 unspecified atom stereocenters. The highest BCUT2D eigenvalue weighted by molar-refractivity contribution is 5.51. The summed E-state index contributed by atoms with van der Waals surface area (Å²) in [5, 5.41) is 9.03. The standard InChI is InChI=1S/C12H20N2O/c1-3-4-7-14(8-9-15)12-5-6-13-10-11(12)2/h5-6,10,15H,3-4,7-9H2,1-2H3. The first-order chi connectivity index (χ1) is 7.29. The minimum absolute atomic E-state index is 0.200. The first kappa shape index (κ1) is 12.0. The van der Waals surface area contributed by atoms with Crippen LogP contribution >= 0.6 is 0 Å². The lowest BCUT2D eigenvalue weighted by Gasteiger charge is -2.25. The van der Waals surface area contributed by atoms with Crippen LogP contribution in [0.25, 0.3) is 0 Å². The van der Waals surface area contributed by atoms with Crippen molar-refractivity contribution in [3.8, 4) is 0 Å². The molecule has 0 atom stereocenters. The molecule has 15 heavy (non-hydrogen) atoms. The summed E-state index contributed by atoms with van der Waals surface area (Å²) in [7, 11) is 0. The highest BCUT2D eigenvalue weighted by Gasteiger charge is 2.07. The van der Waals surface area contributed by atoms with E-state index >= 15 is 0 Å². The lowest BCUT2D eigenvalue weighted by atomic mass is 10.2. The summed E-state index contributed by atoms with van der Waals surface area (Å²) >= 11 is 0. The summed E-state index contributed by atoms with van der Waals surface area (Å²) in [6.07, 6.45) is 6.00. The summed E-state index contributed by atoms with van der Waals surface area (Å²) in [6.45, 7) is 6.13. The van der Waals surface area contributed by atoms with E-state index in [4.69, 9.17) is 5.11 Å². The summed E-state index contributed by atoms with van der Waals surface area (Å²) in [5.74, 6) is 0. The third kappa shape index (κ3) is 3.51. The molecule has 1 N–H and O–H groups in total. The fourth-order valence-corrected chi connectivity index (χ4v) is 1.64. The molecule has 3 nitrogen and oxygen atoms in total. The molecule has 0 aliphatic heterocycles. The van der Waals surface area contributed by atoms with E-state index in [-0.39, 0.29) is 6.61 Å². The normalized spacial score (nSPS) is 10.3. The third-order valence-electron chi connectivity index (χ3n) is 2.48. The predicted octanol–water partition coefficient (Wildman–Crippen LogP) is 1.99. The first-order valence-electron chi connectivity index (χ1n) is 5.56. The van der Waals surface area contributed by atoms with E-state index in [0.717, 1.165) is 13.0 Å². The van der Waals surface area contributed by atoms with Crippen LogP contribution in [0.2, 0.25) is 0 Å². The molecule has 1 heterocycles. The van der Waals surface area contributed by atoms with Crippen molar-refractivity contribution >= 4 is 5.69 Å². The topological polar surface area (TPSA) is 36.4 Å². The Balaban J connectivity index is 2.74. The molecule has 1 rings (SSSR count). The number of aryl methyl sites for hydroxylation is 1. The minimum Gasteiger partial charge on any atom is -0.395 e. The molecular formula is C12H20N2O. The van der Waals surface area contributed by atoms with Gasteiger partial charge in [0.25, 0.3) is 0 Å². The highest BCUT2D eigenvalue weighted by Crippen LogP contribution is 2.18. The number of aliphatic hydroxyl groups excluding tert-OH is 1. The molecule has 0 fully saturated rings. The van der Waals surface area contributed by atoms with Crippen LogP contribution < -0.4 is 4.90 Å². The van der Waals surface area contributed by atoms with Crippen molar-refractivity contribution in [1.82, 2.24) is 4.98 Å².